The Kier molecular flexibility index (Phi) is 5.10. The lowest BCUT2D eigenvalue weighted by molar-refractivity contribution is -0.00367. The first-order valence-corrected chi connectivity index (χ1v) is 11.4. The first-order valence-electron chi connectivity index (χ1n) is 8.28. The van der Waals surface area contributed by atoms with Gasteiger partial charge in [-0.1, -0.05) is 73.4 Å². The molecular weight excluding hydrogens is 272 g/mol. The molecule has 0 amide bonds. The number of allylic oxidation sites excluding steroid dienone is 1. The summed E-state index contributed by atoms with van der Waals surface area (Å²) >= 11 is 0. The average Bonchev–Trinajstić information content (AvgIpc) is 2.46. The van der Waals surface area contributed by atoms with Crippen LogP contribution in [0.4, 0.5) is 0 Å². The van der Waals surface area contributed by atoms with E-state index >= 15 is 0 Å². The molecule has 1 nitrogen and oxygen atoms in total. The van der Waals surface area contributed by atoms with Gasteiger partial charge in [-0.05, 0) is 31.7 Å². The maximum atomic E-state index is 11.0. The van der Waals surface area contributed by atoms with Crippen LogP contribution in [-0.2, 0) is 0 Å². The molecular formula is C19H30OSi. The van der Waals surface area contributed by atoms with Crippen molar-refractivity contribution >= 4 is 13.3 Å². The van der Waals surface area contributed by atoms with E-state index in [0.717, 1.165) is 19.3 Å². The average molecular weight is 303 g/mol. The van der Waals surface area contributed by atoms with Crippen molar-refractivity contribution in [3.63, 3.8) is 0 Å². The summed E-state index contributed by atoms with van der Waals surface area (Å²) in [6, 6.07) is 10.9. The van der Waals surface area contributed by atoms with E-state index in [0.29, 0.717) is 5.54 Å². The fourth-order valence-electron chi connectivity index (χ4n) is 3.91. The Balaban J connectivity index is 2.24. The second-order valence-electron chi connectivity index (χ2n) is 7.48. The number of aliphatic hydroxyl groups is 1. The van der Waals surface area contributed by atoms with Crippen molar-refractivity contribution < 1.29 is 5.11 Å². The third-order valence-corrected chi connectivity index (χ3v) is 9.61. The highest BCUT2D eigenvalue weighted by atomic mass is 28.3. The molecule has 1 N–H and O–H groups in total. The zero-order valence-electron chi connectivity index (χ0n) is 13.9. The number of hydrogen-bond acceptors (Lipinski definition) is 1. The van der Waals surface area contributed by atoms with Gasteiger partial charge in [0.25, 0.3) is 0 Å². The topological polar surface area (TPSA) is 20.2 Å². The molecule has 0 bridgehead atoms. The SMILES string of the molecule is C=C(C)C(CC1(O)CCCCC1)[Si](C)(C)c1ccccc1. The lowest BCUT2D eigenvalue weighted by atomic mass is 9.81. The van der Waals surface area contributed by atoms with Crippen LogP contribution in [0.1, 0.15) is 45.4 Å². The monoisotopic (exact) mass is 302 g/mol. The standard InChI is InChI=1S/C19H30OSi/c1-16(2)18(15-19(20)13-9-6-10-14-19)21(3,4)17-11-7-5-8-12-17/h5,7-8,11-12,18,20H,1,6,9-10,13-15H2,2-4H3. The van der Waals surface area contributed by atoms with Crippen molar-refractivity contribution in [3.8, 4) is 0 Å². The van der Waals surface area contributed by atoms with Crippen LogP contribution in [0, 0.1) is 0 Å². The fraction of sp³-hybridized carbons (Fsp3) is 0.579. The van der Waals surface area contributed by atoms with Gasteiger partial charge in [-0.15, -0.1) is 6.58 Å². The lowest BCUT2D eigenvalue weighted by Gasteiger charge is -2.41. The highest BCUT2D eigenvalue weighted by molar-refractivity contribution is 6.91. The largest absolute Gasteiger partial charge is 0.390 e. The van der Waals surface area contributed by atoms with Crippen molar-refractivity contribution in [1.82, 2.24) is 0 Å². The van der Waals surface area contributed by atoms with Crippen LogP contribution < -0.4 is 5.19 Å². The van der Waals surface area contributed by atoms with Gasteiger partial charge in [-0.3, -0.25) is 0 Å². The van der Waals surface area contributed by atoms with E-state index in [9.17, 15) is 5.11 Å². The molecule has 1 fully saturated rings. The van der Waals surface area contributed by atoms with Gasteiger partial charge in [0.1, 0.15) is 0 Å². The van der Waals surface area contributed by atoms with Crippen LogP contribution in [0.15, 0.2) is 42.5 Å². The van der Waals surface area contributed by atoms with E-state index < -0.39 is 13.7 Å². The van der Waals surface area contributed by atoms with Gasteiger partial charge in [-0.25, -0.2) is 0 Å². The molecule has 1 aromatic carbocycles. The van der Waals surface area contributed by atoms with Gasteiger partial charge in [0, 0.05) is 0 Å². The van der Waals surface area contributed by atoms with E-state index in [1.54, 1.807) is 0 Å². The van der Waals surface area contributed by atoms with E-state index in [4.69, 9.17) is 0 Å². The molecule has 0 spiro atoms. The second kappa shape index (κ2) is 6.49. The Morgan fingerprint density at radius 2 is 1.76 bits per heavy atom. The first-order chi connectivity index (χ1) is 9.85. The zero-order chi connectivity index (χ0) is 15.5. The van der Waals surface area contributed by atoms with Crippen LogP contribution in [0.25, 0.3) is 0 Å². The molecule has 0 saturated heterocycles. The van der Waals surface area contributed by atoms with Crippen molar-refractivity contribution in [2.24, 2.45) is 0 Å². The summed E-state index contributed by atoms with van der Waals surface area (Å²) in [4.78, 5) is 0. The van der Waals surface area contributed by atoms with E-state index in [2.05, 4.69) is 56.9 Å². The highest BCUT2D eigenvalue weighted by Gasteiger charge is 2.40. The minimum atomic E-state index is -1.66. The van der Waals surface area contributed by atoms with Crippen molar-refractivity contribution in [3.05, 3.63) is 42.5 Å². The van der Waals surface area contributed by atoms with Crippen LogP contribution in [0.3, 0.4) is 0 Å². The molecule has 1 aromatic rings. The summed E-state index contributed by atoms with van der Waals surface area (Å²) < 4.78 is 0. The summed E-state index contributed by atoms with van der Waals surface area (Å²) in [6.07, 6.45) is 6.46. The molecule has 1 aliphatic carbocycles. The van der Waals surface area contributed by atoms with Crippen molar-refractivity contribution in [2.45, 2.75) is 69.7 Å². The van der Waals surface area contributed by atoms with Gasteiger partial charge in [-0.2, -0.15) is 0 Å². The summed E-state index contributed by atoms with van der Waals surface area (Å²) in [6.45, 7) is 11.3. The lowest BCUT2D eigenvalue weighted by Crippen LogP contribution is -2.49. The van der Waals surface area contributed by atoms with Gasteiger partial charge >= 0.3 is 0 Å². The Morgan fingerprint density at radius 1 is 1.19 bits per heavy atom. The third-order valence-electron chi connectivity index (χ3n) is 5.35. The van der Waals surface area contributed by atoms with Crippen LogP contribution in [0.2, 0.25) is 18.6 Å². The predicted octanol–water partition coefficient (Wildman–Crippen LogP) is 4.63. The molecule has 0 aliphatic heterocycles. The van der Waals surface area contributed by atoms with Gasteiger partial charge in [0.2, 0.25) is 0 Å². The van der Waals surface area contributed by atoms with Crippen molar-refractivity contribution in [2.75, 3.05) is 0 Å². The molecule has 2 rings (SSSR count). The summed E-state index contributed by atoms with van der Waals surface area (Å²) in [5.41, 5.74) is 1.23. The number of benzene rings is 1. The molecule has 1 saturated carbocycles. The maximum Gasteiger partial charge on any atom is 0.0877 e. The Hall–Kier alpha value is -0.863. The van der Waals surface area contributed by atoms with Gasteiger partial charge < -0.3 is 5.11 Å². The normalized spacial score (nSPS) is 20.0. The number of rotatable bonds is 5. The quantitative estimate of drug-likeness (QED) is 0.621. The van der Waals surface area contributed by atoms with Crippen molar-refractivity contribution in [1.29, 1.82) is 0 Å². The molecule has 21 heavy (non-hydrogen) atoms. The minimum Gasteiger partial charge on any atom is -0.390 e. The van der Waals surface area contributed by atoms with Crippen LogP contribution >= 0.6 is 0 Å². The fourth-order valence-corrected chi connectivity index (χ4v) is 7.48. The molecule has 2 heteroatoms. The summed E-state index contributed by atoms with van der Waals surface area (Å²) in [7, 11) is -1.66. The summed E-state index contributed by atoms with van der Waals surface area (Å²) in [5, 5.41) is 12.5. The highest BCUT2D eigenvalue weighted by Crippen LogP contribution is 2.41. The molecule has 0 heterocycles. The van der Waals surface area contributed by atoms with E-state index in [1.165, 1.54) is 30.0 Å². The molecule has 1 aliphatic rings. The molecule has 0 aromatic heterocycles. The van der Waals surface area contributed by atoms with Crippen LogP contribution in [-0.4, -0.2) is 18.8 Å². The zero-order valence-corrected chi connectivity index (χ0v) is 14.9. The van der Waals surface area contributed by atoms with E-state index in [-0.39, 0.29) is 0 Å². The molecule has 1 unspecified atom stereocenters. The third kappa shape index (κ3) is 3.86. The smallest absolute Gasteiger partial charge is 0.0877 e. The molecule has 1 atom stereocenters. The minimum absolute atomic E-state index is 0.447. The molecule has 116 valence electrons. The van der Waals surface area contributed by atoms with E-state index in [1.807, 2.05) is 0 Å². The Morgan fingerprint density at radius 3 is 2.29 bits per heavy atom. The first kappa shape index (κ1) is 16.5. The second-order valence-corrected chi connectivity index (χ2v) is 12.2. The Bertz CT molecular complexity index is 472. The predicted molar refractivity (Wildman–Crippen MR) is 94.8 cm³/mol. The maximum absolute atomic E-state index is 11.0. The van der Waals surface area contributed by atoms with Gasteiger partial charge in [0.05, 0.1) is 13.7 Å². The summed E-state index contributed by atoms with van der Waals surface area (Å²) in [5.74, 6) is 0. The number of hydrogen-bond donors (Lipinski definition) is 1. The van der Waals surface area contributed by atoms with Gasteiger partial charge in [0.15, 0.2) is 0 Å². The van der Waals surface area contributed by atoms with Crippen LogP contribution in [0.5, 0.6) is 0 Å². The Labute approximate surface area is 131 Å². The molecule has 0 radical (unpaired) electrons.